The number of carboxylic acid groups (broad SMARTS) is 2. The van der Waals surface area contributed by atoms with E-state index in [1.54, 1.807) is 18.2 Å². The molecule has 2 aromatic carbocycles. The third kappa shape index (κ3) is 6.07. The fourth-order valence-corrected chi connectivity index (χ4v) is 1.39. The van der Waals surface area contributed by atoms with Crippen molar-refractivity contribution < 1.29 is 24.9 Å². The third-order valence-corrected chi connectivity index (χ3v) is 2.35. The van der Waals surface area contributed by atoms with Gasteiger partial charge in [0.2, 0.25) is 0 Å². The first kappa shape index (κ1) is 16.0. The van der Waals surface area contributed by atoms with Crippen LogP contribution in [-0.4, -0.2) is 27.3 Å². The van der Waals surface area contributed by atoms with E-state index in [9.17, 15) is 9.59 Å². The second kappa shape index (κ2) is 8.16. The normalized spacial score (nSPS) is 9.71. The molecule has 0 saturated carbocycles. The van der Waals surface area contributed by atoms with Gasteiger partial charge in [-0.15, -0.1) is 0 Å². The van der Waals surface area contributed by atoms with E-state index in [1.165, 1.54) is 12.1 Å². The van der Waals surface area contributed by atoms with Crippen LogP contribution in [0.25, 0.3) is 6.08 Å². The number of hydrogen-bond acceptors (Lipinski definition) is 3. The number of carbonyl (C=O) groups is 2. The van der Waals surface area contributed by atoms with Crippen molar-refractivity contribution in [1.82, 2.24) is 0 Å². The van der Waals surface area contributed by atoms with E-state index in [0.717, 1.165) is 11.6 Å². The van der Waals surface area contributed by atoms with Crippen LogP contribution in [0.3, 0.4) is 0 Å². The summed E-state index contributed by atoms with van der Waals surface area (Å²) in [6.45, 7) is 0. The Morgan fingerprint density at radius 2 is 1.43 bits per heavy atom. The molecule has 21 heavy (non-hydrogen) atoms. The molecule has 0 amide bonds. The lowest BCUT2D eigenvalue weighted by Crippen LogP contribution is -1.95. The number of phenols is 1. The first-order valence-corrected chi connectivity index (χ1v) is 5.98. The van der Waals surface area contributed by atoms with Gasteiger partial charge >= 0.3 is 11.9 Å². The van der Waals surface area contributed by atoms with Crippen molar-refractivity contribution in [3.63, 3.8) is 0 Å². The van der Waals surface area contributed by atoms with Gasteiger partial charge in [0.1, 0.15) is 11.3 Å². The van der Waals surface area contributed by atoms with Crippen LogP contribution in [0.1, 0.15) is 15.9 Å². The smallest absolute Gasteiger partial charge is 0.339 e. The van der Waals surface area contributed by atoms with E-state index < -0.39 is 11.9 Å². The Hall–Kier alpha value is -3.08. The summed E-state index contributed by atoms with van der Waals surface area (Å²) in [5.74, 6) is -2.23. The van der Waals surface area contributed by atoms with E-state index in [2.05, 4.69) is 0 Å². The Bertz CT molecular complexity index is 632. The van der Waals surface area contributed by atoms with Gasteiger partial charge in [-0.25, -0.2) is 9.59 Å². The van der Waals surface area contributed by atoms with Crippen LogP contribution in [0.4, 0.5) is 0 Å². The van der Waals surface area contributed by atoms with Crippen LogP contribution < -0.4 is 0 Å². The molecule has 0 aliphatic rings. The zero-order valence-electron chi connectivity index (χ0n) is 11.0. The maximum atomic E-state index is 10.3. The van der Waals surface area contributed by atoms with Gasteiger partial charge in [0, 0.05) is 6.08 Å². The van der Waals surface area contributed by atoms with E-state index in [4.69, 9.17) is 15.3 Å². The number of aromatic carboxylic acids is 1. The fraction of sp³-hybridized carbons (Fsp3) is 0. The summed E-state index contributed by atoms with van der Waals surface area (Å²) >= 11 is 0. The molecule has 0 atom stereocenters. The summed E-state index contributed by atoms with van der Waals surface area (Å²) < 4.78 is 0. The van der Waals surface area contributed by atoms with Gasteiger partial charge in [-0.05, 0) is 23.8 Å². The maximum absolute atomic E-state index is 10.3. The molecule has 2 aromatic rings. The molecule has 0 spiro atoms. The van der Waals surface area contributed by atoms with Crippen molar-refractivity contribution in [2.45, 2.75) is 0 Å². The van der Waals surface area contributed by atoms with E-state index in [-0.39, 0.29) is 11.3 Å². The van der Waals surface area contributed by atoms with Crippen molar-refractivity contribution >= 4 is 18.0 Å². The van der Waals surface area contributed by atoms with Crippen LogP contribution in [0, 0.1) is 0 Å². The standard InChI is InChI=1S/C9H8O2.C7H6O3/c10-9(11)7-6-8-4-2-1-3-5-8;8-6-4-2-1-3-5(6)7(9)10/h1-7H,(H,10,11);1-4,8H,(H,9,10). The predicted octanol–water partition coefficient (Wildman–Crippen LogP) is 2.87. The Kier molecular flexibility index (Phi) is 6.21. The van der Waals surface area contributed by atoms with Gasteiger partial charge in [-0.1, -0.05) is 42.5 Å². The summed E-state index contributed by atoms with van der Waals surface area (Å²) in [4.78, 5) is 20.3. The van der Waals surface area contributed by atoms with Crippen LogP contribution in [-0.2, 0) is 4.79 Å². The fourth-order valence-electron chi connectivity index (χ4n) is 1.39. The molecule has 0 heterocycles. The molecule has 0 aliphatic heterocycles. The average molecular weight is 286 g/mol. The van der Waals surface area contributed by atoms with Gasteiger partial charge in [-0.3, -0.25) is 0 Å². The Morgan fingerprint density at radius 1 is 0.857 bits per heavy atom. The summed E-state index contributed by atoms with van der Waals surface area (Å²) in [6, 6.07) is 15.1. The van der Waals surface area contributed by atoms with Crippen molar-refractivity contribution in [3.8, 4) is 5.75 Å². The van der Waals surface area contributed by atoms with Crippen molar-refractivity contribution in [2.75, 3.05) is 0 Å². The molecule has 108 valence electrons. The minimum absolute atomic E-state index is 0.0671. The number of aromatic hydroxyl groups is 1. The highest BCUT2D eigenvalue weighted by molar-refractivity contribution is 5.90. The molecular formula is C16H14O5. The highest BCUT2D eigenvalue weighted by Crippen LogP contribution is 2.14. The molecule has 0 aromatic heterocycles. The number of rotatable bonds is 3. The van der Waals surface area contributed by atoms with Crippen molar-refractivity contribution in [3.05, 3.63) is 71.8 Å². The molecule has 0 radical (unpaired) electrons. The Morgan fingerprint density at radius 3 is 1.90 bits per heavy atom. The minimum Gasteiger partial charge on any atom is -0.507 e. The van der Waals surface area contributed by atoms with E-state index in [0.29, 0.717) is 0 Å². The van der Waals surface area contributed by atoms with Crippen molar-refractivity contribution in [2.24, 2.45) is 0 Å². The summed E-state index contributed by atoms with van der Waals surface area (Å²) in [5, 5.41) is 25.6. The van der Waals surface area contributed by atoms with E-state index >= 15 is 0 Å². The van der Waals surface area contributed by atoms with Gasteiger partial charge in [0.05, 0.1) is 0 Å². The van der Waals surface area contributed by atoms with Crippen LogP contribution in [0.2, 0.25) is 0 Å². The number of carboxylic acids is 2. The lowest BCUT2D eigenvalue weighted by atomic mass is 10.2. The molecule has 0 aliphatic carbocycles. The lowest BCUT2D eigenvalue weighted by molar-refractivity contribution is -0.131. The Labute approximate surface area is 121 Å². The second-order valence-electron chi connectivity index (χ2n) is 3.90. The first-order valence-electron chi connectivity index (χ1n) is 5.98. The highest BCUT2D eigenvalue weighted by Gasteiger charge is 2.05. The largest absolute Gasteiger partial charge is 0.507 e. The van der Waals surface area contributed by atoms with Gasteiger partial charge in [0.25, 0.3) is 0 Å². The molecule has 0 unspecified atom stereocenters. The Balaban J connectivity index is 0.000000211. The number of benzene rings is 2. The number of para-hydroxylation sites is 1. The third-order valence-electron chi connectivity index (χ3n) is 2.35. The summed E-state index contributed by atoms with van der Waals surface area (Å²) in [5.41, 5.74) is 0.831. The van der Waals surface area contributed by atoms with Crippen LogP contribution >= 0.6 is 0 Å². The molecule has 5 nitrogen and oxygen atoms in total. The van der Waals surface area contributed by atoms with Gasteiger partial charge in [-0.2, -0.15) is 0 Å². The van der Waals surface area contributed by atoms with Crippen molar-refractivity contribution in [1.29, 1.82) is 0 Å². The molecule has 3 N–H and O–H groups in total. The topological polar surface area (TPSA) is 94.8 Å². The van der Waals surface area contributed by atoms with Gasteiger partial charge in [0.15, 0.2) is 0 Å². The quantitative estimate of drug-likeness (QED) is 0.754. The second-order valence-corrected chi connectivity index (χ2v) is 3.90. The molecule has 2 rings (SSSR count). The number of hydrogen-bond donors (Lipinski definition) is 3. The molecule has 0 fully saturated rings. The SMILES string of the molecule is O=C(O)C=Cc1ccccc1.O=C(O)c1ccccc1O. The van der Waals surface area contributed by atoms with E-state index in [1.807, 2.05) is 30.3 Å². The zero-order valence-corrected chi connectivity index (χ0v) is 11.0. The minimum atomic E-state index is -1.11. The van der Waals surface area contributed by atoms with Crippen LogP contribution in [0.15, 0.2) is 60.7 Å². The van der Waals surface area contributed by atoms with Crippen LogP contribution in [0.5, 0.6) is 5.75 Å². The first-order chi connectivity index (χ1) is 10.0. The molecule has 5 heteroatoms. The average Bonchev–Trinajstić information content (AvgIpc) is 2.47. The monoisotopic (exact) mass is 286 g/mol. The maximum Gasteiger partial charge on any atom is 0.339 e. The molecule has 0 bridgehead atoms. The van der Waals surface area contributed by atoms with Gasteiger partial charge < -0.3 is 15.3 Å². The predicted molar refractivity (Wildman–Crippen MR) is 78.2 cm³/mol. The lowest BCUT2D eigenvalue weighted by Gasteiger charge is -1.95. The highest BCUT2D eigenvalue weighted by atomic mass is 16.4. The number of aliphatic carboxylic acids is 1. The molecular weight excluding hydrogens is 272 g/mol. The summed E-state index contributed by atoms with van der Waals surface area (Å²) in [6.07, 6.45) is 2.68. The zero-order chi connectivity index (χ0) is 15.7. The summed E-state index contributed by atoms with van der Waals surface area (Å²) in [7, 11) is 0. The molecule has 0 saturated heterocycles.